The largest absolute Gasteiger partial charge is 0.456 e. The lowest BCUT2D eigenvalue weighted by Crippen LogP contribution is -2.60. The van der Waals surface area contributed by atoms with Crippen LogP contribution in [0.3, 0.4) is 0 Å². The molecule has 5 heterocycles. The van der Waals surface area contributed by atoms with Crippen LogP contribution in [0.25, 0.3) is 93.6 Å². The monoisotopic (exact) mass is 826 g/mol. The van der Waals surface area contributed by atoms with Crippen molar-refractivity contribution in [3.63, 3.8) is 0 Å². The molecule has 0 saturated carbocycles. The van der Waals surface area contributed by atoms with Crippen LogP contribution in [-0.4, -0.2) is 11.4 Å². The van der Waals surface area contributed by atoms with E-state index in [2.05, 4.69) is 204 Å². The lowest BCUT2D eigenvalue weighted by Gasteiger charge is -2.43. The number of benzene rings is 8. The molecule has 0 fully saturated rings. The summed E-state index contributed by atoms with van der Waals surface area (Å²) in [5.41, 5.74) is 22.4. The molecule has 14 rings (SSSR count). The molecule has 4 nitrogen and oxygen atoms in total. The first kappa shape index (κ1) is 36.5. The van der Waals surface area contributed by atoms with E-state index in [0.717, 1.165) is 44.2 Å². The number of rotatable bonds is 1. The molecular weight excluding hydrogens is 779 g/mol. The smallest absolute Gasteiger partial charge is 0.333 e. The fraction of sp³-hybridized carbons (Fsp3) is 0.186. The molecule has 0 unspecified atom stereocenters. The van der Waals surface area contributed by atoms with Gasteiger partial charge in [0.2, 0.25) is 0 Å². The van der Waals surface area contributed by atoms with Crippen molar-refractivity contribution in [3.05, 3.63) is 162 Å². The highest BCUT2D eigenvalue weighted by Crippen LogP contribution is 2.57. The standard InChI is InChI=1S/C59H47BN2O2/c1-57(2,3)32-21-24-34(25-22-32)62-46-30-38-35-15-9-12-18-42(35)59(7,8)43(38)28-41(46)51-52-37-17-11-14-20-49(37)64-56(52)53-40-27-33(58(4,5)6)23-26-45(40)61-47-31-50-39(36-16-10-13-19-48(36)63-50)29-44(47)60(62)54(51)55(53)61/h9-31H,1-8H3. The van der Waals surface area contributed by atoms with Gasteiger partial charge in [-0.3, -0.25) is 0 Å². The van der Waals surface area contributed by atoms with Gasteiger partial charge in [-0.15, -0.1) is 0 Å². The van der Waals surface area contributed by atoms with E-state index in [1.807, 2.05) is 0 Å². The molecule has 3 aliphatic rings. The molecule has 0 saturated heterocycles. The summed E-state index contributed by atoms with van der Waals surface area (Å²) in [4.78, 5) is 2.68. The maximum atomic E-state index is 7.25. The van der Waals surface area contributed by atoms with E-state index in [1.54, 1.807) is 0 Å². The van der Waals surface area contributed by atoms with E-state index < -0.39 is 0 Å². The third kappa shape index (κ3) is 4.49. The molecule has 0 N–H and O–H groups in total. The van der Waals surface area contributed by atoms with E-state index in [1.165, 1.54) is 94.0 Å². The van der Waals surface area contributed by atoms with Crippen LogP contribution in [0.2, 0.25) is 0 Å². The Kier molecular flexibility index (Phi) is 6.72. The Morgan fingerprint density at radius 1 is 0.516 bits per heavy atom. The van der Waals surface area contributed by atoms with Crippen molar-refractivity contribution in [2.75, 3.05) is 4.81 Å². The Morgan fingerprint density at radius 2 is 1.20 bits per heavy atom. The van der Waals surface area contributed by atoms with Crippen LogP contribution in [0.4, 0.5) is 11.4 Å². The quantitative estimate of drug-likeness (QED) is 0.155. The Hall–Kier alpha value is -6.98. The van der Waals surface area contributed by atoms with E-state index in [4.69, 9.17) is 8.83 Å². The van der Waals surface area contributed by atoms with E-state index in [-0.39, 0.29) is 23.1 Å². The first-order valence-corrected chi connectivity index (χ1v) is 22.9. The number of nitrogens with zero attached hydrogens (tertiary/aromatic N) is 2. The summed E-state index contributed by atoms with van der Waals surface area (Å²) < 4.78 is 16.5. The molecule has 0 radical (unpaired) electrons. The fourth-order valence-corrected chi connectivity index (χ4v) is 12.1. The molecule has 308 valence electrons. The van der Waals surface area contributed by atoms with Gasteiger partial charge in [0.25, 0.3) is 0 Å². The second-order valence-electron chi connectivity index (χ2n) is 21.3. The number of hydrogen-bond acceptors (Lipinski definition) is 3. The summed E-state index contributed by atoms with van der Waals surface area (Å²) in [6, 6.07) is 52.7. The SMILES string of the molecule is CC(C)(C)c1ccc(N2B3c4cc5c(cc4-n4c6ccc(C(C)(C)C)cc6c6c7oc8ccccc8c7c(c3c64)-c3cc4c(cc32)-c2ccccc2C4(C)C)oc2ccccc25)cc1. The Morgan fingerprint density at radius 3 is 1.97 bits per heavy atom. The van der Waals surface area contributed by atoms with Gasteiger partial charge in [0, 0.05) is 61.0 Å². The minimum atomic E-state index is -0.186. The lowest BCUT2D eigenvalue weighted by atomic mass is 9.43. The third-order valence-electron chi connectivity index (χ3n) is 15.3. The van der Waals surface area contributed by atoms with Gasteiger partial charge >= 0.3 is 6.85 Å². The highest BCUT2D eigenvalue weighted by atomic mass is 16.3. The van der Waals surface area contributed by atoms with Crippen molar-refractivity contribution in [1.82, 2.24) is 4.57 Å². The zero-order valence-electron chi connectivity index (χ0n) is 37.6. The van der Waals surface area contributed by atoms with Gasteiger partial charge in [0.1, 0.15) is 22.3 Å². The molecule has 1 aliphatic carbocycles. The molecular formula is C59H47BN2O2. The molecule has 0 amide bonds. The predicted molar refractivity (Wildman–Crippen MR) is 269 cm³/mol. The third-order valence-corrected chi connectivity index (χ3v) is 15.3. The average molecular weight is 827 g/mol. The van der Waals surface area contributed by atoms with Crippen molar-refractivity contribution < 1.29 is 8.83 Å². The lowest BCUT2D eigenvalue weighted by molar-refractivity contribution is 0.590. The van der Waals surface area contributed by atoms with Crippen molar-refractivity contribution >= 4 is 94.8 Å². The van der Waals surface area contributed by atoms with Crippen molar-refractivity contribution in [3.8, 4) is 27.9 Å². The first-order valence-electron chi connectivity index (χ1n) is 22.9. The van der Waals surface area contributed by atoms with Crippen LogP contribution in [0.15, 0.2) is 148 Å². The van der Waals surface area contributed by atoms with Gasteiger partial charge < -0.3 is 18.2 Å². The fourth-order valence-electron chi connectivity index (χ4n) is 12.1. The van der Waals surface area contributed by atoms with Crippen LogP contribution in [0.5, 0.6) is 0 Å². The van der Waals surface area contributed by atoms with Gasteiger partial charge in [-0.1, -0.05) is 140 Å². The summed E-state index contributed by atoms with van der Waals surface area (Å²) in [6.45, 7) is 18.5. The number of hydrogen-bond donors (Lipinski definition) is 0. The number of fused-ring (bicyclic) bond motifs is 19. The zero-order chi connectivity index (χ0) is 43.3. The highest BCUT2D eigenvalue weighted by molar-refractivity contribution is 6.94. The van der Waals surface area contributed by atoms with Crippen LogP contribution < -0.4 is 15.7 Å². The second kappa shape index (κ2) is 11.8. The summed E-state index contributed by atoms with van der Waals surface area (Å²) in [5.74, 6) is 0. The molecule has 8 aromatic carbocycles. The number of furan rings is 2. The minimum absolute atomic E-state index is 0.0133. The number of anilines is 2. The Bertz CT molecular complexity index is 3900. The van der Waals surface area contributed by atoms with Crippen LogP contribution in [-0.2, 0) is 16.2 Å². The van der Waals surface area contributed by atoms with Crippen LogP contribution >= 0.6 is 0 Å². The molecule has 0 bridgehead atoms. The maximum absolute atomic E-state index is 7.25. The summed E-state index contributed by atoms with van der Waals surface area (Å²) >= 11 is 0. The van der Waals surface area contributed by atoms with Crippen molar-refractivity contribution in [2.24, 2.45) is 0 Å². The topological polar surface area (TPSA) is 34.5 Å². The molecule has 0 spiro atoms. The summed E-state index contributed by atoms with van der Waals surface area (Å²) in [7, 11) is 0. The molecule has 64 heavy (non-hydrogen) atoms. The maximum Gasteiger partial charge on any atom is 0.333 e. The molecule has 2 aliphatic heterocycles. The molecule has 11 aromatic rings. The van der Waals surface area contributed by atoms with Gasteiger partial charge in [-0.25, -0.2) is 0 Å². The van der Waals surface area contributed by atoms with Gasteiger partial charge in [0.15, 0.2) is 0 Å². The minimum Gasteiger partial charge on any atom is -0.456 e. The summed E-state index contributed by atoms with van der Waals surface area (Å²) in [6.07, 6.45) is 0. The number of para-hydroxylation sites is 2. The van der Waals surface area contributed by atoms with Crippen LogP contribution in [0.1, 0.15) is 77.6 Å². The molecule has 5 heteroatoms. The molecule has 0 atom stereocenters. The van der Waals surface area contributed by atoms with E-state index >= 15 is 0 Å². The van der Waals surface area contributed by atoms with Crippen LogP contribution in [0, 0.1) is 0 Å². The van der Waals surface area contributed by atoms with E-state index in [0.29, 0.717) is 0 Å². The summed E-state index contributed by atoms with van der Waals surface area (Å²) in [5, 5.41) is 6.99. The Balaban J connectivity index is 1.23. The van der Waals surface area contributed by atoms with Gasteiger partial charge in [-0.05, 0) is 109 Å². The van der Waals surface area contributed by atoms with Gasteiger partial charge in [0.05, 0.1) is 16.4 Å². The van der Waals surface area contributed by atoms with Crippen molar-refractivity contribution in [1.29, 1.82) is 0 Å². The highest BCUT2D eigenvalue weighted by Gasteiger charge is 2.48. The molecule has 3 aromatic heterocycles. The van der Waals surface area contributed by atoms with Crippen molar-refractivity contribution in [2.45, 2.75) is 71.6 Å². The van der Waals surface area contributed by atoms with E-state index in [9.17, 15) is 0 Å². The second-order valence-corrected chi connectivity index (χ2v) is 21.3. The zero-order valence-corrected chi connectivity index (χ0v) is 37.6. The normalized spacial score (nSPS) is 14.9. The Labute approximate surface area is 372 Å². The average Bonchev–Trinajstić information content (AvgIpc) is 4.01. The predicted octanol–water partition coefficient (Wildman–Crippen LogP) is 14.7. The number of aromatic nitrogens is 1. The first-order chi connectivity index (χ1) is 30.8. The van der Waals surface area contributed by atoms with Gasteiger partial charge in [-0.2, -0.15) is 0 Å².